The molecule has 0 radical (unpaired) electrons. The monoisotopic (exact) mass is 266 g/mol. The quantitative estimate of drug-likeness (QED) is 0.657. The zero-order chi connectivity index (χ0) is 14.4. The first kappa shape index (κ1) is 14.5. The molecule has 2 aromatic carbocycles. The van der Waals surface area contributed by atoms with Crippen LogP contribution in [-0.4, -0.2) is 6.61 Å². The number of fused-ring (bicyclic) bond motifs is 1. The van der Waals surface area contributed by atoms with Gasteiger partial charge >= 0.3 is 0 Å². The molecule has 0 aliphatic carbocycles. The molecule has 104 valence electrons. The van der Waals surface area contributed by atoms with E-state index in [1.54, 1.807) is 0 Å². The number of rotatable bonds is 6. The van der Waals surface area contributed by atoms with Crippen molar-refractivity contribution in [1.29, 1.82) is 0 Å². The average Bonchev–Trinajstić information content (AvgIpc) is 2.49. The third kappa shape index (κ3) is 3.54. The highest BCUT2D eigenvalue weighted by atomic mass is 16.5. The zero-order valence-corrected chi connectivity index (χ0v) is 12.4. The highest BCUT2D eigenvalue weighted by Crippen LogP contribution is 2.27. The van der Waals surface area contributed by atoms with Crippen molar-refractivity contribution in [3.63, 3.8) is 0 Å². The Hall–Kier alpha value is -1.94. The lowest BCUT2D eigenvalue weighted by molar-refractivity contribution is 0.371. The van der Waals surface area contributed by atoms with Crippen LogP contribution in [0.4, 0.5) is 0 Å². The predicted molar refractivity (Wildman–Crippen MR) is 86.2 cm³/mol. The summed E-state index contributed by atoms with van der Waals surface area (Å²) in [5.74, 6) is 3.94. The SMILES string of the molecule is C#CCOc1ccc2cc(C(C)CCCC)ccc2c1. The van der Waals surface area contributed by atoms with Crippen molar-refractivity contribution in [2.75, 3.05) is 6.61 Å². The predicted octanol–water partition coefficient (Wildman–Crippen LogP) is 5.15. The van der Waals surface area contributed by atoms with E-state index in [0.29, 0.717) is 12.5 Å². The third-order valence-corrected chi connectivity index (χ3v) is 3.72. The second kappa shape index (κ2) is 7.01. The molecule has 20 heavy (non-hydrogen) atoms. The van der Waals surface area contributed by atoms with E-state index in [9.17, 15) is 0 Å². The first-order valence-electron chi connectivity index (χ1n) is 7.34. The van der Waals surface area contributed by atoms with Gasteiger partial charge in [0.05, 0.1) is 0 Å². The number of hydrogen-bond donors (Lipinski definition) is 0. The van der Waals surface area contributed by atoms with Crippen LogP contribution in [0.3, 0.4) is 0 Å². The molecule has 1 atom stereocenters. The van der Waals surface area contributed by atoms with Crippen LogP contribution < -0.4 is 4.74 Å². The maximum Gasteiger partial charge on any atom is 0.148 e. The van der Waals surface area contributed by atoms with E-state index in [0.717, 1.165) is 5.75 Å². The molecule has 2 rings (SSSR count). The fourth-order valence-electron chi connectivity index (χ4n) is 2.44. The van der Waals surface area contributed by atoms with Crippen molar-refractivity contribution < 1.29 is 4.74 Å². The zero-order valence-electron chi connectivity index (χ0n) is 12.4. The summed E-state index contributed by atoms with van der Waals surface area (Å²) < 4.78 is 5.46. The Kier molecular flexibility index (Phi) is 5.07. The minimum Gasteiger partial charge on any atom is -0.481 e. The highest BCUT2D eigenvalue weighted by molar-refractivity contribution is 5.84. The van der Waals surface area contributed by atoms with Gasteiger partial charge in [-0.05, 0) is 40.8 Å². The van der Waals surface area contributed by atoms with Crippen molar-refractivity contribution >= 4 is 10.8 Å². The molecule has 2 aromatic rings. The second-order valence-electron chi connectivity index (χ2n) is 5.30. The summed E-state index contributed by atoms with van der Waals surface area (Å²) in [7, 11) is 0. The van der Waals surface area contributed by atoms with Gasteiger partial charge in [0.2, 0.25) is 0 Å². The van der Waals surface area contributed by atoms with Gasteiger partial charge in [-0.1, -0.05) is 56.9 Å². The number of terminal acetylenes is 1. The average molecular weight is 266 g/mol. The van der Waals surface area contributed by atoms with E-state index in [-0.39, 0.29) is 0 Å². The molecule has 0 bridgehead atoms. The molecule has 0 spiro atoms. The fraction of sp³-hybridized carbons (Fsp3) is 0.368. The maximum absolute atomic E-state index is 5.46. The summed E-state index contributed by atoms with van der Waals surface area (Å²) in [4.78, 5) is 0. The number of ether oxygens (including phenoxy) is 1. The molecule has 0 fully saturated rings. The van der Waals surface area contributed by atoms with E-state index in [2.05, 4.69) is 44.0 Å². The van der Waals surface area contributed by atoms with E-state index in [1.807, 2.05) is 12.1 Å². The van der Waals surface area contributed by atoms with Crippen LogP contribution in [0.15, 0.2) is 36.4 Å². The number of benzene rings is 2. The molecule has 0 N–H and O–H groups in total. The van der Waals surface area contributed by atoms with Crippen LogP contribution >= 0.6 is 0 Å². The highest BCUT2D eigenvalue weighted by Gasteiger charge is 2.06. The topological polar surface area (TPSA) is 9.23 Å². The largest absolute Gasteiger partial charge is 0.481 e. The molecule has 0 saturated carbocycles. The Morgan fingerprint density at radius 2 is 1.90 bits per heavy atom. The number of unbranched alkanes of at least 4 members (excludes halogenated alkanes) is 1. The summed E-state index contributed by atoms with van der Waals surface area (Å²) in [6.45, 7) is 4.86. The van der Waals surface area contributed by atoms with Gasteiger partial charge in [-0.25, -0.2) is 0 Å². The van der Waals surface area contributed by atoms with Gasteiger partial charge in [0.15, 0.2) is 0 Å². The third-order valence-electron chi connectivity index (χ3n) is 3.72. The van der Waals surface area contributed by atoms with E-state index in [1.165, 1.54) is 35.6 Å². The summed E-state index contributed by atoms with van der Waals surface area (Å²) in [5, 5.41) is 2.46. The molecule has 0 heterocycles. The minimum absolute atomic E-state index is 0.317. The Morgan fingerprint density at radius 3 is 2.65 bits per heavy atom. The fourth-order valence-corrected chi connectivity index (χ4v) is 2.44. The van der Waals surface area contributed by atoms with Crippen LogP contribution in [0.2, 0.25) is 0 Å². The molecule has 0 aliphatic heterocycles. The molecule has 0 amide bonds. The van der Waals surface area contributed by atoms with Gasteiger partial charge in [0.1, 0.15) is 12.4 Å². The maximum atomic E-state index is 5.46. The minimum atomic E-state index is 0.317. The summed E-state index contributed by atoms with van der Waals surface area (Å²) in [6, 6.07) is 12.8. The van der Waals surface area contributed by atoms with Crippen LogP contribution in [0, 0.1) is 12.3 Å². The standard InChI is InChI=1S/C19H22O/c1-4-6-7-15(3)16-8-9-18-14-19(20-12-5-2)11-10-17(18)13-16/h2,8-11,13-15H,4,6-7,12H2,1,3H3. The summed E-state index contributed by atoms with van der Waals surface area (Å²) in [5.41, 5.74) is 1.42. The van der Waals surface area contributed by atoms with Crippen molar-refractivity contribution in [2.24, 2.45) is 0 Å². The van der Waals surface area contributed by atoms with E-state index in [4.69, 9.17) is 11.2 Å². The molecular formula is C19H22O. The molecule has 0 aromatic heterocycles. The van der Waals surface area contributed by atoms with E-state index < -0.39 is 0 Å². The molecule has 1 nitrogen and oxygen atoms in total. The molecule has 1 unspecified atom stereocenters. The number of hydrogen-bond acceptors (Lipinski definition) is 1. The first-order valence-corrected chi connectivity index (χ1v) is 7.34. The van der Waals surface area contributed by atoms with Crippen LogP contribution in [0.1, 0.15) is 44.6 Å². The van der Waals surface area contributed by atoms with Gasteiger partial charge in [-0.15, -0.1) is 6.42 Å². The van der Waals surface area contributed by atoms with Crippen molar-refractivity contribution in [3.05, 3.63) is 42.0 Å². The normalized spacial score (nSPS) is 12.1. The molecular weight excluding hydrogens is 244 g/mol. The lowest BCUT2D eigenvalue weighted by Crippen LogP contribution is -1.95. The second-order valence-corrected chi connectivity index (χ2v) is 5.30. The van der Waals surface area contributed by atoms with E-state index >= 15 is 0 Å². The Labute approximate surface area is 122 Å². The Bertz CT molecular complexity index is 607. The molecule has 1 heteroatoms. The van der Waals surface area contributed by atoms with Gasteiger partial charge in [-0.3, -0.25) is 0 Å². The Morgan fingerprint density at radius 1 is 1.15 bits per heavy atom. The first-order chi connectivity index (χ1) is 9.74. The Balaban J connectivity index is 2.20. The van der Waals surface area contributed by atoms with Crippen molar-refractivity contribution in [3.8, 4) is 18.1 Å². The molecule has 0 saturated heterocycles. The summed E-state index contributed by atoms with van der Waals surface area (Å²) >= 11 is 0. The lowest BCUT2D eigenvalue weighted by Gasteiger charge is -2.12. The van der Waals surface area contributed by atoms with Gasteiger partial charge in [0, 0.05) is 0 Å². The van der Waals surface area contributed by atoms with Gasteiger partial charge in [-0.2, -0.15) is 0 Å². The van der Waals surface area contributed by atoms with Crippen LogP contribution in [0.5, 0.6) is 5.75 Å². The van der Waals surface area contributed by atoms with Crippen molar-refractivity contribution in [2.45, 2.75) is 39.0 Å². The lowest BCUT2D eigenvalue weighted by atomic mass is 9.93. The molecule has 0 aliphatic rings. The summed E-state index contributed by atoms with van der Waals surface area (Å²) in [6.07, 6.45) is 9.01. The van der Waals surface area contributed by atoms with Gasteiger partial charge < -0.3 is 4.74 Å². The van der Waals surface area contributed by atoms with Gasteiger partial charge in [0.25, 0.3) is 0 Å². The van der Waals surface area contributed by atoms with Crippen LogP contribution in [-0.2, 0) is 0 Å². The van der Waals surface area contributed by atoms with Crippen molar-refractivity contribution in [1.82, 2.24) is 0 Å². The smallest absolute Gasteiger partial charge is 0.148 e. The van der Waals surface area contributed by atoms with Crippen LogP contribution in [0.25, 0.3) is 10.8 Å².